The molecule has 0 spiro atoms. The number of carbonyl (C=O) groups is 2. The maximum Gasteiger partial charge on any atom is 0.355 e. The molecule has 148 valence electrons. The molecule has 0 amide bonds. The van der Waals surface area contributed by atoms with Crippen LogP contribution in [0.2, 0.25) is 5.02 Å². The van der Waals surface area contributed by atoms with Crippen LogP contribution in [0.15, 0.2) is 48.5 Å². The second kappa shape index (κ2) is 7.88. The van der Waals surface area contributed by atoms with Crippen molar-refractivity contribution in [3.05, 3.63) is 92.8 Å². The summed E-state index contributed by atoms with van der Waals surface area (Å²) in [4.78, 5) is 28.6. The van der Waals surface area contributed by atoms with Crippen molar-refractivity contribution in [3.8, 4) is 0 Å². The largest absolute Gasteiger partial charge is 0.456 e. The zero-order valence-electron chi connectivity index (χ0n) is 16.4. The summed E-state index contributed by atoms with van der Waals surface area (Å²) in [5.74, 6) is -0.416. The molecule has 4 nitrogen and oxygen atoms in total. The third-order valence-corrected chi connectivity index (χ3v) is 5.87. The van der Waals surface area contributed by atoms with Crippen molar-refractivity contribution < 1.29 is 14.3 Å². The molecule has 0 fully saturated rings. The van der Waals surface area contributed by atoms with Crippen LogP contribution in [0.4, 0.5) is 0 Å². The van der Waals surface area contributed by atoms with Crippen LogP contribution in [-0.2, 0) is 17.8 Å². The number of halogens is 1. The summed E-state index contributed by atoms with van der Waals surface area (Å²) < 4.78 is 5.48. The standard InChI is InChI=1S/C24H22ClNO3/c1-14-7-9-16(10-8-14)13-29-24(28)23-15(2)22-20(26-23)11-17(12-21(22)27)18-5-3-4-6-19(18)25/h3-10,17,26H,11-13H2,1-2H3/t17-/m1/s1. The normalized spacial score (nSPS) is 15.8. The van der Waals surface area contributed by atoms with E-state index in [-0.39, 0.29) is 18.3 Å². The SMILES string of the molecule is Cc1ccc(COC(=O)c2[nH]c3c(c2C)C(=O)C[C@H](c2ccccc2Cl)C3)cc1. The molecule has 0 saturated carbocycles. The monoisotopic (exact) mass is 407 g/mol. The van der Waals surface area contributed by atoms with Gasteiger partial charge in [-0.15, -0.1) is 0 Å². The fraction of sp³-hybridized carbons (Fsp3) is 0.250. The van der Waals surface area contributed by atoms with E-state index >= 15 is 0 Å². The van der Waals surface area contributed by atoms with Gasteiger partial charge in [-0.1, -0.05) is 59.6 Å². The van der Waals surface area contributed by atoms with Crippen molar-refractivity contribution in [1.82, 2.24) is 4.98 Å². The number of aryl methyl sites for hydroxylation is 1. The second-order valence-electron chi connectivity index (χ2n) is 7.59. The molecule has 1 atom stereocenters. The predicted molar refractivity (Wildman–Crippen MR) is 113 cm³/mol. The minimum absolute atomic E-state index is 0.00169. The van der Waals surface area contributed by atoms with Crippen LogP contribution in [0.1, 0.15) is 61.1 Å². The predicted octanol–water partition coefficient (Wildman–Crippen LogP) is 5.55. The van der Waals surface area contributed by atoms with Gasteiger partial charge in [0.15, 0.2) is 5.78 Å². The van der Waals surface area contributed by atoms with Gasteiger partial charge in [-0.05, 0) is 48.9 Å². The van der Waals surface area contributed by atoms with Gasteiger partial charge in [0, 0.05) is 22.7 Å². The summed E-state index contributed by atoms with van der Waals surface area (Å²) in [5.41, 5.74) is 5.46. The van der Waals surface area contributed by atoms with E-state index in [2.05, 4.69) is 4.98 Å². The number of hydrogen-bond acceptors (Lipinski definition) is 3. The quantitative estimate of drug-likeness (QED) is 0.576. The van der Waals surface area contributed by atoms with Gasteiger partial charge >= 0.3 is 5.97 Å². The molecule has 1 heterocycles. The van der Waals surface area contributed by atoms with Crippen LogP contribution in [0.25, 0.3) is 0 Å². The smallest absolute Gasteiger partial charge is 0.355 e. The van der Waals surface area contributed by atoms with E-state index in [9.17, 15) is 9.59 Å². The van der Waals surface area contributed by atoms with Gasteiger partial charge in [-0.3, -0.25) is 4.79 Å². The lowest BCUT2D eigenvalue weighted by Gasteiger charge is -2.22. The molecule has 4 rings (SSSR count). The number of nitrogens with one attached hydrogen (secondary N) is 1. The van der Waals surface area contributed by atoms with Crippen LogP contribution in [0.5, 0.6) is 0 Å². The Morgan fingerprint density at radius 1 is 1.10 bits per heavy atom. The molecule has 1 aliphatic rings. The molecule has 1 aromatic heterocycles. The Morgan fingerprint density at radius 3 is 2.55 bits per heavy atom. The first kappa shape index (κ1) is 19.5. The number of ether oxygens (including phenoxy) is 1. The molecule has 3 aromatic rings. The first-order chi connectivity index (χ1) is 13.9. The van der Waals surface area contributed by atoms with Gasteiger partial charge in [0.2, 0.25) is 0 Å². The summed E-state index contributed by atoms with van der Waals surface area (Å²) in [6.07, 6.45) is 1.02. The minimum atomic E-state index is -0.445. The van der Waals surface area contributed by atoms with Crippen LogP contribution in [-0.4, -0.2) is 16.7 Å². The number of H-pyrrole nitrogens is 1. The van der Waals surface area contributed by atoms with Gasteiger partial charge in [-0.25, -0.2) is 4.79 Å². The molecule has 2 aromatic carbocycles. The number of ketones is 1. The van der Waals surface area contributed by atoms with Gasteiger partial charge in [-0.2, -0.15) is 0 Å². The molecule has 5 heteroatoms. The van der Waals surface area contributed by atoms with Crippen molar-refractivity contribution in [3.63, 3.8) is 0 Å². The van der Waals surface area contributed by atoms with Crippen LogP contribution in [0, 0.1) is 13.8 Å². The zero-order valence-corrected chi connectivity index (χ0v) is 17.2. The maximum absolute atomic E-state index is 12.8. The van der Waals surface area contributed by atoms with Crippen molar-refractivity contribution >= 4 is 23.4 Å². The topological polar surface area (TPSA) is 59.2 Å². The number of esters is 1. The van der Waals surface area contributed by atoms with Crippen molar-refractivity contribution in [2.24, 2.45) is 0 Å². The molecule has 1 N–H and O–H groups in total. The van der Waals surface area contributed by atoms with Gasteiger partial charge < -0.3 is 9.72 Å². The number of benzene rings is 2. The van der Waals surface area contributed by atoms with E-state index in [1.165, 1.54) is 0 Å². The lowest BCUT2D eigenvalue weighted by Crippen LogP contribution is -2.18. The lowest BCUT2D eigenvalue weighted by molar-refractivity contribution is 0.0465. The molecule has 0 bridgehead atoms. The lowest BCUT2D eigenvalue weighted by atomic mass is 9.81. The number of Topliss-reactive ketones (excluding diaryl/α,β-unsaturated/α-hetero) is 1. The van der Waals surface area contributed by atoms with E-state index in [1.54, 1.807) is 6.92 Å². The van der Waals surface area contributed by atoms with E-state index in [0.717, 1.165) is 22.4 Å². The van der Waals surface area contributed by atoms with Gasteiger partial charge in [0.25, 0.3) is 0 Å². The third-order valence-electron chi connectivity index (χ3n) is 5.53. The second-order valence-corrected chi connectivity index (χ2v) is 8.00. The summed E-state index contributed by atoms with van der Waals surface area (Å²) in [6.45, 7) is 4.00. The van der Waals surface area contributed by atoms with E-state index in [4.69, 9.17) is 16.3 Å². The van der Waals surface area contributed by atoms with Crippen molar-refractivity contribution in [1.29, 1.82) is 0 Å². The first-order valence-electron chi connectivity index (χ1n) is 9.65. The molecular weight excluding hydrogens is 386 g/mol. The highest BCUT2D eigenvalue weighted by Gasteiger charge is 2.32. The van der Waals surface area contributed by atoms with Gasteiger partial charge in [0.1, 0.15) is 12.3 Å². The number of carbonyl (C=O) groups excluding carboxylic acids is 2. The number of fused-ring (bicyclic) bond motifs is 1. The van der Waals surface area contributed by atoms with E-state index < -0.39 is 5.97 Å². The van der Waals surface area contributed by atoms with Crippen LogP contribution >= 0.6 is 11.6 Å². The Balaban J connectivity index is 1.55. The molecular formula is C24H22ClNO3. The molecule has 1 aliphatic carbocycles. The Labute approximate surface area is 174 Å². The Bertz CT molecular complexity index is 1080. The van der Waals surface area contributed by atoms with Crippen molar-refractivity contribution in [2.45, 2.75) is 39.2 Å². The molecule has 29 heavy (non-hydrogen) atoms. The summed E-state index contributed by atoms with van der Waals surface area (Å²) in [5, 5.41) is 0.662. The number of aromatic nitrogens is 1. The van der Waals surface area contributed by atoms with Crippen molar-refractivity contribution in [2.75, 3.05) is 0 Å². The minimum Gasteiger partial charge on any atom is -0.456 e. The van der Waals surface area contributed by atoms with E-state index in [1.807, 2.05) is 55.5 Å². The highest BCUT2D eigenvalue weighted by Crippen LogP contribution is 2.37. The fourth-order valence-corrected chi connectivity index (χ4v) is 4.26. The average molecular weight is 408 g/mol. The molecule has 0 saturated heterocycles. The summed E-state index contributed by atoms with van der Waals surface area (Å²) in [6, 6.07) is 15.4. The summed E-state index contributed by atoms with van der Waals surface area (Å²) >= 11 is 6.33. The molecule has 0 radical (unpaired) electrons. The third kappa shape index (κ3) is 3.85. The number of hydrogen-bond donors (Lipinski definition) is 1. The Morgan fingerprint density at radius 2 is 1.83 bits per heavy atom. The summed E-state index contributed by atoms with van der Waals surface area (Å²) in [7, 11) is 0. The van der Waals surface area contributed by atoms with E-state index in [0.29, 0.717) is 34.7 Å². The average Bonchev–Trinajstić information content (AvgIpc) is 3.04. The number of aromatic amines is 1. The Hall–Kier alpha value is -2.85. The number of rotatable bonds is 4. The first-order valence-corrected chi connectivity index (χ1v) is 10.0. The highest BCUT2D eigenvalue weighted by atomic mass is 35.5. The molecule has 0 unspecified atom stereocenters. The molecule has 0 aliphatic heterocycles. The maximum atomic E-state index is 12.8. The van der Waals surface area contributed by atoms with Crippen LogP contribution in [0.3, 0.4) is 0 Å². The highest BCUT2D eigenvalue weighted by molar-refractivity contribution is 6.31. The Kier molecular flexibility index (Phi) is 5.29. The fourth-order valence-electron chi connectivity index (χ4n) is 3.97. The van der Waals surface area contributed by atoms with Crippen LogP contribution < -0.4 is 0 Å². The van der Waals surface area contributed by atoms with Gasteiger partial charge in [0.05, 0.1) is 0 Å². The zero-order chi connectivity index (χ0) is 20.5.